The van der Waals surface area contributed by atoms with Crippen LogP contribution in [0, 0.1) is 0 Å². The van der Waals surface area contributed by atoms with Gasteiger partial charge in [0, 0.05) is 43.3 Å². The van der Waals surface area contributed by atoms with Gasteiger partial charge in [-0.1, -0.05) is 146 Å². The average molecular weight is 757 g/mol. The number of nitrogens with zero attached hydrogens (tertiary/aromatic N) is 4. The Hall–Kier alpha value is -7.63. The van der Waals surface area contributed by atoms with Crippen molar-refractivity contribution < 1.29 is 4.42 Å². The fourth-order valence-electron chi connectivity index (χ4n) is 9.21. The number of hydrogen-bond acceptors (Lipinski definition) is 4. The molecule has 0 radical (unpaired) electrons. The second-order valence-corrected chi connectivity index (χ2v) is 15.4. The lowest BCUT2D eigenvalue weighted by molar-refractivity contribution is 0.669. The van der Waals surface area contributed by atoms with Crippen LogP contribution in [0.1, 0.15) is 30.0 Å². The average Bonchev–Trinajstić information content (AvgIpc) is 3.76. The number of para-hydroxylation sites is 3. The second kappa shape index (κ2) is 13.5. The van der Waals surface area contributed by atoms with Crippen LogP contribution < -0.4 is 0 Å². The zero-order valence-electron chi connectivity index (χ0n) is 32.1. The van der Waals surface area contributed by atoms with Crippen LogP contribution >= 0.6 is 0 Å². The Morgan fingerprint density at radius 3 is 1.85 bits per heavy atom. The number of aromatic nitrogens is 2. The number of hydrogen-bond donors (Lipinski definition) is 0. The fourth-order valence-corrected chi connectivity index (χ4v) is 9.21. The van der Waals surface area contributed by atoms with Gasteiger partial charge in [-0.3, -0.25) is 4.57 Å². The summed E-state index contributed by atoms with van der Waals surface area (Å²) < 4.78 is 8.90. The van der Waals surface area contributed by atoms with Gasteiger partial charge < -0.3 is 4.42 Å². The van der Waals surface area contributed by atoms with Crippen molar-refractivity contribution >= 4 is 77.1 Å². The molecule has 1 atom stereocenters. The van der Waals surface area contributed by atoms with Crippen LogP contribution in [0.15, 0.2) is 202 Å². The van der Waals surface area contributed by atoms with E-state index >= 15 is 0 Å². The zero-order chi connectivity index (χ0) is 38.9. The Bertz CT molecular complexity index is 3430. The van der Waals surface area contributed by atoms with Gasteiger partial charge in [0.1, 0.15) is 11.2 Å². The van der Waals surface area contributed by atoms with Gasteiger partial charge in [-0.05, 0) is 77.6 Å². The third-order valence-electron chi connectivity index (χ3n) is 12.0. The molecule has 0 N–H and O–H groups in total. The Kier molecular flexibility index (Phi) is 7.67. The van der Waals surface area contributed by atoms with Gasteiger partial charge in [0.05, 0.1) is 34.0 Å². The summed E-state index contributed by atoms with van der Waals surface area (Å²) in [6, 6.07) is 66.3. The van der Waals surface area contributed by atoms with Gasteiger partial charge >= 0.3 is 0 Å². The number of furan rings is 1. The minimum atomic E-state index is -0.0693. The molecule has 8 aromatic carbocycles. The van der Waals surface area contributed by atoms with Gasteiger partial charge in [0.15, 0.2) is 0 Å². The number of aliphatic imine (C=N–C) groups is 2. The first-order chi connectivity index (χ1) is 29.2. The molecule has 278 valence electrons. The highest BCUT2D eigenvalue weighted by Gasteiger charge is 2.23. The molecule has 11 aromatic rings. The van der Waals surface area contributed by atoms with Crippen molar-refractivity contribution in [3.8, 4) is 22.4 Å². The number of benzene rings is 8. The van der Waals surface area contributed by atoms with Crippen molar-refractivity contribution in [1.29, 1.82) is 0 Å². The molecule has 1 unspecified atom stereocenters. The highest BCUT2D eigenvalue weighted by atomic mass is 16.3. The maximum Gasteiger partial charge on any atom is 0.230 e. The van der Waals surface area contributed by atoms with Crippen molar-refractivity contribution in [2.24, 2.45) is 9.98 Å². The minimum absolute atomic E-state index is 0.0693. The van der Waals surface area contributed by atoms with Gasteiger partial charge in [-0.2, -0.15) is 0 Å². The van der Waals surface area contributed by atoms with Crippen LogP contribution in [-0.4, -0.2) is 21.2 Å². The third kappa shape index (κ3) is 5.50. The molecular weight excluding hydrogens is 721 g/mol. The lowest BCUT2D eigenvalue weighted by Crippen LogP contribution is -2.12. The fraction of sp³-hybridized carbons (Fsp3) is 0.0556. The molecule has 0 bridgehead atoms. The first kappa shape index (κ1) is 33.5. The molecule has 0 amide bonds. The quantitative estimate of drug-likeness (QED) is 0.168. The third-order valence-corrected chi connectivity index (χ3v) is 12.0. The monoisotopic (exact) mass is 756 g/mol. The molecule has 0 fully saturated rings. The number of pyridine rings is 1. The van der Waals surface area contributed by atoms with E-state index in [1.54, 1.807) is 0 Å². The van der Waals surface area contributed by atoms with Gasteiger partial charge in [0.25, 0.3) is 0 Å². The largest absolute Gasteiger partial charge is 0.456 e. The lowest BCUT2D eigenvalue weighted by atomic mass is 9.95. The molecule has 1 aliphatic heterocycles. The van der Waals surface area contributed by atoms with E-state index in [4.69, 9.17) is 19.4 Å². The van der Waals surface area contributed by atoms with Crippen LogP contribution in [0.25, 0.3) is 87.8 Å². The Balaban J connectivity index is 0.945. The molecule has 0 saturated carbocycles. The number of rotatable bonds is 4. The van der Waals surface area contributed by atoms with E-state index in [0.29, 0.717) is 0 Å². The summed E-state index contributed by atoms with van der Waals surface area (Å²) >= 11 is 0. The molecule has 5 nitrogen and oxygen atoms in total. The van der Waals surface area contributed by atoms with Gasteiger partial charge in [0.2, 0.25) is 5.96 Å². The smallest absolute Gasteiger partial charge is 0.230 e. The molecule has 0 aliphatic carbocycles. The van der Waals surface area contributed by atoms with Crippen molar-refractivity contribution in [3.05, 3.63) is 199 Å². The Morgan fingerprint density at radius 2 is 1.10 bits per heavy atom. The minimum Gasteiger partial charge on any atom is -0.456 e. The Labute approximate surface area is 340 Å². The SMILES string of the molecule is c1ccc(C2=NC(n3c4ccccc4c4ccccc43)=NC(c3ccc(-c4ccc5c(c4)oc4ccc6c(-c7ccccc7)nc7ccccc7c6c45)cc3)CC2)cc1. The molecule has 4 heterocycles. The molecule has 3 aromatic heterocycles. The predicted octanol–water partition coefficient (Wildman–Crippen LogP) is 14.0. The summed E-state index contributed by atoms with van der Waals surface area (Å²) in [7, 11) is 0. The van der Waals surface area contributed by atoms with Gasteiger partial charge in [-0.25, -0.2) is 15.0 Å². The molecule has 0 spiro atoms. The predicted molar refractivity (Wildman–Crippen MR) is 245 cm³/mol. The summed E-state index contributed by atoms with van der Waals surface area (Å²) in [4.78, 5) is 16.0. The lowest BCUT2D eigenvalue weighted by Gasteiger charge is -2.14. The number of fused-ring (bicyclic) bond motifs is 10. The van der Waals surface area contributed by atoms with E-state index in [2.05, 4.69) is 187 Å². The van der Waals surface area contributed by atoms with Crippen LogP contribution in [0.5, 0.6) is 0 Å². The summed E-state index contributed by atoms with van der Waals surface area (Å²) in [5, 5.41) is 8.03. The van der Waals surface area contributed by atoms with E-state index in [9.17, 15) is 0 Å². The van der Waals surface area contributed by atoms with E-state index < -0.39 is 0 Å². The van der Waals surface area contributed by atoms with Crippen molar-refractivity contribution in [2.75, 3.05) is 0 Å². The summed E-state index contributed by atoms with van der Waals surface area (Å²) in [6.45, 7) is 0. The standard InChI is InChI=1S/C54H36N4O/c1-3-13-35(14-4-1)44-30-31-45(57-54(56-44)58-47-21-11-8-17-39(47)40-18-9-12-22-48(40)58)36-25-23-34(24-26-36)38-27-28-42-50(33-38)59-49-32-29-43-51(52(42)49)41-19-7-10-20-46(41)55-53(43)37-15-5-2-6-16-37/h1-29,32-33,45H,30-31H2. The molecule has 12 rings (SSSR count). The molecule has 0 saturated heterocycles. The Morgan fingerprint density at radius 1 is 0.475 bits per heavy atom. The molecule has 59 heavy (non-hydrogen) atoms. The van der Waals surface area contributed by atoms with E-state index in [1.165, 1.54) is 21.7 Å². The maximum atomic E-state index is 6.65. The van der Waals surface area contributed by atoms with Crippen LogP contribution in [0.3, 0.4) is 0 Å². The highest BCUT2D eigenvalue weighted by Crippen LogP contribution is 2.42. The van der Waals surface area contributed by atoms with Crippen LogP contribution in [0.4, 0.5) is 0 Å². The first-order valence-electron chi connectivity index (χ1n) is 20.3. The zero-order valence-corrected chi connectivity index (χ0v) is 32.1. The normalized spacial score (nSPS) is 14.7. The van der Waals surface area contributed by atoms with E-state index in [0.717, 1.165) is 102 Å². The molecule has 1 aliphatic rings. The van der Waals surface area contributed by atoms with Gasteiger partial charge in [-0.15, -0.1) is 0 Å². The second-order valence-electron chi connectivity index (χ2n) is 15.4. The summed E-state index contributed by atoms with van der Waals surface area (Å²) in [6.07, 6.45) is 1.67. The highest BCUT2D eigenvalue weighted by molar-refractivity contribution is 6.28. The first-order valence-corrected chi connectivity index (χ1v) is 20.3. The summed E-state index contributed by atoms with van der Waals surface area (Å²) in [5.74, 6) is 0.718. The van der Waals surface area contributed by atoms with Crippen LogP contribution in [0.2, 0.25) is 0 Å². The summed E-state index contributed by atoms with van der Waals surface area (Å²) in [5.41, 5.74) is 12.6. The van der Waals surface area contributed by atoms with Crippen molar-refractivity contribution in [3.63, 3.8) is 0 Å². The topological polar surface area (TPSA) is 55.7 Å². The molecular formula is C54H36N4O. The van der Waals surface area contributed by atoms with E-state index in [-0.39, 0.29) is 6.04 Å². The molecule has 5 heteroatoms. The van der Waals surface area contributed by atoms with Crippen molar-refractivity contribution in [1.82, 2.24) is 9.55 Å². The van der Waals surface area contributed by atoms with Crippen LogP contribution in [-0.2, 0) is 0 Å². The van der Waals surface area contributed by atoms with Crippen molar-refractivity contribution in [2.45, 2.75) is 18.9 Å². The van der Waals surface area contributed by atoms with E-state index in [1.807, 2.05) is 6.07 Å². The maximum absolute atomic E-state index is 6.65.